The predicted molar refractivity (Wildman–Crippen MR) is 139 cm³/mol. The average Bonchev–Trinajstić information content (AvgIpc) is 2.88. The van der Waals surface area contributed by atoms with E-state index in [0.717, 1.165) is 43.2 Å². The third-order valence-electron chi connectivity index (χ3n) is 6.55. The Morgan fingerprint density at radius 1 is 0.914 bits per heavy atom. The van der Waals surface area contributed by atoms with E-state index in [1.54, 1.807) is 6.07 Å². The number of unbranched alkanes of at least 4 members (excludes halogenated alkanes) is 6. The lowest BCUT2D eigenvalue weighted by molar-refractivity contribution is -0.171. The minimum Gasteiger partial charge on any atom is -0.493 e. The Labute approximate surface area is 210 Å². The van der Waals surface area contributed by atoms with Crippen molar-refractivity contribution in [1.29, 1.82) is 0 Å². The maximum absolute atomic E-state index is 13.0. The minimum absolute atomic E-state index is 0.113. The fourth-order valence-electron chi connectivity index (χ4n) is 4.42. The monoisotopic (exact) mass is 480 g/mol. The quantitative estimate of drug-likeness (QED) is 0.159. The maximum Gasteiger partial charge on any atom is 0.352 e. The van der Waals surface area contributed by atoms with Crippen molar-refractivity contribution in [2.75, 3.05) is 6.61 Å². The number of hydrogen-bond acceptors (Lipinski definition) is 5. The van der Waals surface area contributed by atoms with Crippen LogP contribution in [0, 0.1) is 5.92 Å². The smallest absolute Gasteiger partial charge is 0.352 e. The van der Waals surface area contributed by atoms with E-state index in [9.17, 15) is 9.59 Å². The van der Waals surface area contributed by atoms with Gasteiger partial charge in [-0.3, -0.25) is 4.79 Å². The normalized spacial score (nSPS) is 17.6. The molecule has 1 aliphatic rings. The van der Waals surface area contributed by atoms with Gasteiger partial charge in [0.2, 0.25) is 0 Å². The van der Waals surface area contributed by atoms with Gasteiger partial charge in [0.25, 0.3) is 0 Å². The summed E-state index contributed by atoms with van der Waals surface area (Å²) in [7, 11) is 0. The van der Waals surface area contributed by atoms with Gasteiger partial charge >= 0.3 is 11.9 Å². The summed E-state index contributed by atoms with van der Waals surface area (Å²) >= 11 is 0. The van der Waals surface area contributed by atoms with Crippen molar-refractivity contribution in [1.82, 2.24) is 0 Å². The molecule has 1 saturated heterocycles. The van der Waals surface area contributed by atoms with Crippen LogP contribution in [0.3, 0.4) is 0 Å². The Bertz CT molecular complexity index is 924. The van der Waals surface area contributed by atoms with Crippen molar-refractivity contribution in [3.63, 3.8) is 0 Å². The summed E-state index contributed by atoms with van der Waals surface area (Å²) in [6, 6.07) is 15.4. The summed E-state index contributed by atoms with van der Waals surface area (Å²) in [6.07, 6.45) is 10.3. The first-order valence-corrected chi connectivity index (χ1v) is 13.4. The standard InChI is InChI=1S/C30H40O5/c1-3-5-7-8-9-13-21-33-25-18-19-26(23-15-11-10-12-16-23)28(22-25)35-30(32)27-20-17-24(14-6-4-2)29(31)34-27/h10-12,15-16,18-19,22,24,27H,3-9,13-14,17,20-21H2,1-2H3/t24-,27+/m1/s1. The van der Waals surface area contributed by atoms with Crippen LogP contribution in [0.5, 0.6) is 11.5 Å². The second-order valence-electron chi connectivity index (χ2n) is 9.40. The lowest BCUT2D eigenvalue weighted by Gasteiger charge is -2.27. The van der Waals surface area contributed by atoms with Crippen molar-refractivity contribution in [2.45, 2.75) is 90.6 Å². The van der Waals surface area contributed by atoms with E-state index in [0.29, 0.717) is 30.9 Å². The van der Waals surface area contributed by atoms with Crippen LogP contribution in [-0.4, -0.2) is 24.6 Å². The molecule has 0 unspecified atom stereocenters. The molecule has 0 radical (unpaired) electrons. The molecule has 3 rings (SSSR count). The number of hydrogen-bond donors (Lipinski definition) is 0. The molecule has 2 aromatic carbocycles. The molecule has 0 saturated carbocycles. The van der Waals surface area contributed by atoms with Gasteiger partial charge in [0, 0.05) is 11.6 Å². The highest BCUT2D eigenvalue weighted by Crippen LogP contribution is 2.35. The summed E-state index contributed by atoms with van der Waals surface area (Å²) in [6.45, 7) is 4.95. The average molecular weight is 481 g/mol. The second kappa shape index (κ2) is 14.6. The lowest BCUT2D eigenvalue weighted by Crippen LogP contribution is -2.38. The van der Waals surface area contributed by atoms with Crippen LogP contribution in [0.2, 0.25) is 0 Å². The Kier molecular flexibility index (Phi) is 11.1. The fraction of sp³-hybridized carbons (Fsp3) is 0.533. The zero-order valence-electron chi connectivity index (χ0n) is 21.3. The molecule has 0 spiro atoms. The summed E-state index contributed by atoms with van der Waals surface area (Å²) < 4.78 is 17.3. The van der Waals surface area contributed by atoms with Gasteiger partial charge in [-0.25, -0.2) is 4.79 Å². The van der Waals surface area contributed by atoms with Crippen LogP contribution in [0.4, 0.5) is 0 Å². The van der Waals surface area contributed by atoms with Crippen LogP contribution in [0.15, 0.2) is 48.5 Å². The molecule has 0 bridgehead atoms. The lowest BCUT2D eigenvalue weighted by atomic mass is 9.93. The maximum atomic E-state index is 13.0. The van der Waals surface area contributed by atoms with Gasteiger partial charge in [-0.1, -0.05) is 89.1 Å². The Morgan fingerprint density at radius 2 is 1.66 bits per heavy atom. The number of ether oxygens (including phenoxy) is 3. The first-order valence-electron chi connectivity index (χ1n) is 13.4. The summed E-state index contributed by atoms with van der Waals surface area (Å²) in [5.41, 5.74) is 1.74. The molecule has 0 aliphatic carbocycles. The highest BCUT2D eigenvalue weighted by atomic mass is 16.6. The second-order valence-corrected chi connectivity index (χ2v) is 9.40. The van der Waals surface area contributed by atoms with Gasteiger partial charge < -0.3 is 14.2 Å². The number of carbonyl (C=O) groups excluding carboxylic acids is 2. The van der Waals surface area contributed by atoms with Gasteiger partial charge in [-0.15, -0.1) is 0 Å². The van der Waals surface area contributed by atoms with Gasteiger partial charge in [-0.05, 0) is 43.4 Å². The minimum atomic E-state index is -0.864. The van der Waals surface area contributed by atoms with Gasteiger partial charge in [0.05, 0.1) is 12.5 Å². The van der Waals surface area contributed by atoms with Crippen LogP contribution in [-0.2, 0) is 14.3 Å². The van der Waals surface area contributed by atoms with Gasteiger partial charge in [-0.2, -0.15) is 0 Å². The number of rotatable bonds is 14. The van der Waals surface area contributed by atoms with E-state index in [2.05, 4.69) is 13.8 Å². The fourth-order valence-corrected chi connectivity index (χ4v) is 4.42. The highest BCUT2D eigenvalue weighted by Gasteiger charge is 2.35. The van der Waals surface area contributed by atoms with E-state index in [1.165, 1.54) is 25.7 Å². The van der Waals surface area contributed by atoms with E-state index in [4.69, 9.17) is 14.2 Å². The number of esters is 2. The Balaban J connectivity index is 1.64. The first-order chi connectivity index (χ1) is 17.1. The first kappa shape index (κ1) is 26.8. The van der Waals surface area contributed by atoms with E-state index in [-0.39, 0.29) is 11.9 Å². The van der Waals surface area contributed by atoms with Crippen molar-refractivity contribution >= 4 is 11.9 Å². The molecule has 5 nitrogen and oxygen atoms in total. The molecule has 1 fully saturated rings. The van der Waals surface area contributed by atoms with E-state index >= 15 is 0 Å². The molecule has 190 valence electrons. The number of benzene rings is 2. The molecule has 2 aromatic rings. The van der Waals surface area contributed by atoms with E-state index in [1.807, 2.05) is 42.5 Å². The molecular weight excluding hydrogens is 440 g/mol. The number of carbonyl (C=O) groups is 2. The molecule has 0 amide bonds. The van der Waals surface area contributed by atoms with Crippen LogP contribution >= 0.6 is 0 Å². The van der Waals surface area contributed by atoms with Crippen molar-refractivity contribution in [3.8, 4) is 22.6 Å². The molecule has 35 heavy (non-hydrogen) atoms. The van der Waals surface area contributed by atoms with Gasteiger partial charge in [0.15, 0.2) is 6.10 Å². The molecule has 1 aliphatic heterocycles. The van der Waals surface area contributed by atoms with Crippen molar-refractivity contribution in [3.05, 3.63) is 48.5 Å². The zero-order valence-corrected chi connectivity index (χ0v) is 21.3. The van der Waals surface area contributed by atoms with Crippen molar-refractivity contribution < 1.29 is 23.8 Å². The summed E-state index contributed by atoms with van der Waals surface area (Å²) in [4.78, 5) is 25.4. The van der Waals surface area contributed by atoms with Gasteiger partial charge in [0.1, 0.15) is 11.5 Å². The Hall–Kier alpha value is -2.82. The van der Waals surface area contributed by atoms with Crippen LogP contribution < -0.4 is 9.47 Å². The molecule has 2 atom stereocenters. The third-order valence-corrected chi connectivity index (χ3v) is 6.55. The predicted octanol–water partition coefficient (Wildman–Crippen LogP) is 7.51. The summed E-state index contributed by atoms with van der Waals surface area (Å²) in [5, 5.41) is 0. The Morgan fingerprint density at radius 3 is 2.40 bits per heavy atom. The molecular formula is C30H40O5. The van der Waals surface area contributed by atoms with E-state index < -0.39 is 12.1 Å². The largest absolute Gasteiger partial charge is 0.493 e. The zero-order chi connectivity index (χ0) is 24.9. The van der Waals surface area contributed by atoms with Crippen LogP contribution in [0.1, 0.15) is 84.5 Å². The molecule has 0 aromatic heterocycles. The highest BCUT2D eigenvalue weighted by molar-refractivity contribution is 5.85. The number of cyclic esters (lactones) is 1. The summed E-state index contributed by atoms with van der Waals surface area (Å²) in [5.74, 6) is 0.160. The molecule has 1 heterocycles. The van der Waals surface area contributed by atoms with Crippen LogP contribution in [0.25, 0.3) is 11.1 Å². The molecule has 0 N–H and O–H groups in total. The molecule has 5 heteroatoms. The topological polar surface area (TPSA) is 61.8 Å². The SMILES string of the molecule is CCCCCCCCOc1ccc(-c2ccccc2)c(OC(=O)[C@@H]2CC[C@@H](CCCC)C(=O)O2)c1. The van der Waals surface area contributed by atoms with Crippen molar-refractivity contribution in [2.24, 2.45) is 5.92 Å². The third kappa shape index (κ3) is 8.41.